The highest BCUT2D eigenvalue weighted by molar-refractivity contribution is 5.76. The molecule has 0 unspecified atom stereocenters. The Kier molecular flexibility index (Phi) is 2.14. The zero-order valence-electron chi connectivity index (χ0n) is 9.71. The molecule has 0 aliphatic rings. The van der Waals surface area contributed by atoms with Gasteiger partial charge in [0.05, 0.1) is 7.05 Å². The van der Waals surface area contributed by atoms with Crippen LogP contribution in [-0.2, 0) is 7.05 Å². The molecule has 3 aromatic rings. The predicted molar refractivity (Wildman–Crippen MR) is 63.2 cm³/mol. The van der Waals surface area contributed by atoms with Gasteiger partial charge in [-0.1, -0.05) is 11.1 Å². The summed E-state index contributed by atoms with van der Waals surface area (Å²) in [5.74, 6) is 0.606. The summed E-state index contributed by atoms with van der Waals surface area (Å²) in [7, 11) is 1.92. The van der Waals surface area contributed by atoms with Crippen LogP contribution in [0.1, 0.15) is 5.56 Å². The largest absolute Gasteiger partial charge is 0.436 e. The summed E-state index contributed by atoms with van der Waals surface area (Å²) >= 11 is 0. The van der Waals surface area contributed by atoms with Crippen molar-refractivity contribution in [2.45, 2.75) is 6.92 Å². The minimum absolute atomic E-state index is 0.606. The summed E-state index contributed by atoms with van der Waals surface area (Å²) in [5.41, 5.74) is 3.74. The van der Waals surface area contributed by atoms with Gasteiger partial charge in [-0.15, -0.1) is 0 Å². The molecule has 0 amide bonds. The molecule has 0 bridgehead atoms. The van der Waals surface area contributed by atoms with Gasteiger partial charge < -0.3 is 4.42 Å². The van der Waals surface area contributed by atoms with E-state index < -0.39 is 0 Å². The molecule has 4 nitrogen and oxygen atoms in total. The van der Waals surface area contributed by atoms with Gasteiger partial charge in [-0.3, -0.25) is 0 Å². The molecule has 84 valence electrons. The standard InChI is InChI=1S/C13H12N3O/c1-9-3-4-12-11(5-9)15-13(17-12)10-6-14-8-16(2)7-10/h3-8H,1-2H3/q+1. The summed E-state index contributed by atoms with van der Waals surface area (Å²) in [6.45, 7) is 2.04. The van der Waals surface area contributed by atoms with Crippen LogP contribution >= 0.6 is 0 Å². The quantitative estimate of drug-likeness (QED) is 0.596. The highest BCUT2D eigenvalue weighted by Crippen LogP contribution is 2.23. The van der Waals surface area contributed by atoms with Crippen LogP contribution in [-0.4, -0.2) is 9.97 Å². The normalized spacial score (nSPS) is 10.9. The van der Waals surface area contributed by atoms with E-state index in [1.807, 2.05) is 42.9 Å². The van der Waals surface area contributed by atoms with E-state index in [9.17, 15) is 0 Å². The highest BCUT2D eigenvalue weighted by atomic mass is 16.3. The molecular weight excluding hydrogens is 214 g/mol. The zero-order valence-corrected chi connectivity index (χ0v) is 9.71. The van der Waals surface area contributed by atoms with Crippen LogP contribution in [0.3, 0.4) is 0 Å². The van der Waals surface area contributed by atoms with Gasteiger partial charge in [-0.25, -0.2) is 9.55 Å². The molecule has 1 aromatic carbocycles. The molecule has 0 atom stereocenters. The molecule has 4 heteroatoms. The molecule has 0 aliphatic carbocycles. The Bertz CT molecular complexity index is 688. The third kappa shape index (κ3) is 1.78. The van der Waals surface area contributed by atoms with Crippen molar-refractivity contribution in [1.29, 1.82) is 0 Å². The lowest BCUT2D eigenvalue weighted by Gasteiger charge is -1.90. The number of aryl methyl sites for hydroxylation is 2. The van der Waals surface area contributed by atoms with Crippen LogP contribution in [0, 0.1) is 6.92 Å². The predicted octanol–water partition coefficient (Wildman–Crippen LogP) is 2.02. The number of hydrogen-bond acceptors (Lipinski definition) is 3. The first-order chi connectivity index (χ1) is 8.22. The van der Waals surface area contributed by atoms with Crippen LogP contribution < -0.4 is 4.57 Å². The average Bonchev–Trinajstić information content (AvgIpc) is 2.72. The molecule has 0 spiro atoms. The minimum atomic E-state index is 0.606. The maximum atomic E-state index is 5.70. The molecule has 0 aliphatic heterocycles. The van der Waals surface area contributed by atoms with E-state index in [4.69, 9.17) is 4.42 Å². The molecule has 2 heterocycles. The first-order valence-electron chi connectivity index (χ1n) is 5.40. The van der Waals surface area contributed by atoms with Gasteiger partial charge in [-0.2, -0.15) is 0 Å². The Morgan fingerprint density at radius 1 is 1.29 bits per heavy atom. The maximum absolute atomic E-state index is 5.70. The van der Waals surface area contributed by atoms with Crippen molar-refractivity contribution in [2.24, 2.45) is 7.05 Å². The van der Waals surface area contributed by atoms with Crippen molar-refractivity contribution in [3.05, 3.63) is 42.5 Å². The van der Waals surface area contributed by atoms with E-state index in [2.05, 4.69) is 9.97 Å². The number of fused-ring (bicyclic) bond motifs is 1. The van der Waals surface area contributed by atoms with Gasteiger partial charge in [0.2, 0.25) is 5.89 Å². The topological polar surface area (TPSA) is 42.8 Å². The highest BCUT2D eigenvalue weighted by Gasteiger charge is 2.11. The Balaban J connectivity index is 2.18. The van der Waals surface area contributed by atoms with Crippen molar-refractivity contribution in [2.75, 3.05) is 0 Å². The second kappa shape index (κ2) is 3.66. The number of nitrogens with zero attached hydrogens (tertiary/aromatic N) is 3. The molecule has 0 saturated heterocycles. The third-order valence-corrected chi connectivity index (χ3v) is 2.60. The molecule has 2 aromatic heterocycles. The van der Waals surface area contributed by atoms with Crippen molar-refractivity contribution in [3.8, 4) is 11.5 Å². The summed E-state index contributed by atoms with van der Waals surface area (Å²) in [6.07, 6.45) is 5.42. The third-order valence-electron chi connectivity index (χ3n) is 2.60. The molecule has 0 fully saturated rings. The fourth-order valence-electron chi connectivity index (χ4n) is 1.78. The van der Waals surface area contributed by atoms with Gasteiger partial charge in [0.1, 0.15) is 17.3 Å². The molecule has 0 N–H and O–H groups in total. The fourth-order valence-corrected chi connectivity index (χ4v) is 1.78. The number of rotatable bonds is 1. The Morgan fingerprint density at radius 2 is 2.18 bits per heavy atom. The Hall–Kier alpha value is -2.23. The van der Waals surface area contributed by atoms with Crippen LogP contribution in [0.2, 0.25) is 0 Å². The maximum Gasteiger partial charge on any atom is 0.285 e. The average molecular weight is 226 g/mol. The fraction of sp³-hybridized carbons (Fsp3) is 0.154. The molecule has 0 saturated carbocycles. The van der Waals surface area contributed by atoms with Gasteiger partial charge in [0, 0.05) is 0 Å². The number of aromatic nitrogens is 3. The van der Waals surface area contributed by atoms with Crippen molar-refractivity contribution in [3.63, 3.8) is 0 Å². The Morgan fingerprint density at radius 3 is 3.00 bits per heavy atom. The van der Waals surface area contributed by atoms with Crippen LogP contribution in [0.15, 0.2) is 41.3 Å². The van der Waals surface area contributed by atoms with E-state index >= 15 is 0 Å². The summed E-state index contributed by atoms with van der Waals surface area (Å²) in [5, 5.41) is 0. The SMILES string of the molecule is Cc1ccc2oc(-c3cnc[n+](C)c3)nc2c1. The minimum Gasteiger partial charge on any atom is -0.436 e. The van der Waals surface area contributed by atoms with Gasteiger partial charge in [-0.05, 0) is 24.6 Å². The lowest BCUT2D eigenvalue weighted by molar-refractivity contribution is -0.674. The summed E-state index contributed by atoms with van der Waals surface area (Å²) in [4.78, 5) is 8.58. The van der Waals surface area contributed by atoms with Crippen molar-refractivity contribution >= 4 is 11.1 Å². The van der Waals surface area contributed by atoms with Crippen LogP contribution in [0.4, 0.5) is 0 Å². The van der Waals surface area contributed by atoms with E-state index in [1.165, 1.54) is 5.56 Å². The van der Waals surface area contributed by atoms with Crippen LogP contribution in [0.5, 0.6) is 0 Å². The van der Waals surface area contributed by atoms with Gasteiger partial charge in [0.25, 0.3) is 6.33 Å². The number of benzene rings is 1. The van der Waals surface area contributed by atoms with E-state index in [0.717, 1.165) is 16.7 Å². The Labute approximate surface area is 98.6 Å². The zero-order chi connectivity index (χ0) is 11.8. The summed E-state index contributed by atoms with van der Waals surface area (Å²) in [6, 6.07) is 5.97. The monoisotopic (exact) mass is 226 g/mol. The first kappa shape index (κ1) is 9.96. The van der Waals surface area contributed by atoms with Crippen LogP contribution in [0.25, 0.3) is 22.6 Å². The first-order valence-corrected chi connectivity index (χ1v) is 5.40. The lowest BCUT2D eigenvalue weighted by Crippen LogP contribution is -2.27. The van der Waals surface area contributed by atoms with E-state index in [-0.39, 0.29) is 0 Å². The van der Waals surface area contributed by atoms with Crippen molar-refractivity contribution < 1.29 is 8.98 Å². The molecule has 17 heavy (non-hydrogen) atoms. The molecule has 0 radical (unpaired) electrons. The van der Waals surface area contributed by atoms with E-state index in [1.54, 1.807) is 12.5 Å². The lowest BCUT2D eigenvalue weighted by atomic mass is 10.2. The molecule has 3 rings (SSSR count). The van der Waals surface area contributed by atoms with Crippen molar-refractivity contribution in [1.82, 2.24) is 9.97 Å². The smallest absolute Gasteiger partial charge is 0.285 e. The summed E-state index contributed by atoms with van der Waals surface area (Å²) < 4.78 is 7.57. The number of hydrogen-bond donors (Lipinski definition) is 0. The second-order valence-electron chi connectivity index (χ2n) is 4.13. The number of oxazole rings is 1. The van der Waals surface area contributed by atoms with Gasteiger partial charge in [0.15, 0.2) is 11.8 Å². The molecular formula is C13H12N3O+. The second-order valence-corrected chi connectivity index (χ2v) is 4.13. The van der Waals surface area contributed by atoms with Gasteiger partial charge >= 0.3 is 0 Å². The van der Waals surface area contributed by atoms with E-state index in [0.29, 0.717) is 5.89 Å².